The summed E-state index contributed by atoms with van der Waals surface area (Å²) >= 11 is 0. The molecular formula is C38H53O3P. The number of hydrogen-bond donors (Lipinski definition) is 0. The summed E-state index contributed by atoms with van der Waals surface area (Å²) in [5.74, 6) is 0.799. The van der Waals surface area contributed by atoms with E-state index in [1.807, 2.05) is 12.1 Å². The lowest BCUT2D eigenvalue weighted by molar-refractivity contribution is 0.472. The van der Waals surface area contributed by atoms with Gasteiger partial charge in [-0.1, -0.05) is 134 Å². The second-order valence-electron chi connectivity index (χ2n) is 17.0. The highest BCUT2D eigenvalue weighted by Crippen LogP contribution is 2.47. The number of fused-ring (bicyclic) bond motifs is 3. The highest BCUT2D eigenvalue weighted by Gasteiger charge is 2.29. The van der Waals surface area contributed by atoms with Gasteiger partial charge in [-0.15, -0.1) is 0 Å². The lowest BCUT2D eigenvalue weighted by Gasteiger charge is -2.27. The van der Waals surface area contributed by atoms with Crippen molar-refractivity contribution < 1.29 is 12.9 Å². The Bertz CT molecular complexity index is 1560. The van der Waals surface area contributed by atoms with Crippen molar-refractivity contribution in [1.82, 2.24) is 0 Å². The third-order valence-corrected chi connectivity index (χ3v) is 9.02. The van der Waals surface area contributed by atoms with Crippen LogP contribution < -0.4 is 4.52 Å². The van der Waals surface area contributed by atoms with E-state index >= 15 is 0 Å². The molecule has 0 aliphatic rings. The monoisotopic (exact) mass is 588 g/mol. The Kier molecular flexibility index (Phi) is 8.08. The zero-order chi connectivity index (χ0) is 31.6. The van der Waals surface area contributed by atoms with Crippen molar-refractivity contribution in [2.24, 2.45) is 0 Å². The van der Waals surface area contributed by atoms with Crippen LogP contribution in [0.25, 0.3) is 21.9 Å². The van der Waals surface area contributed by atoms with E-state index in [2.05, 4.69) is 140 Å². The molecule has 0 atom stereocenters. The molecule has 0 spiro atoms. The molecule has 0 radical (unpaired) electrons. The fourth-order valence-corrected chi connectivity index (χ4v) is 6.41. The van der Waals surface area contributed by atoms with E-state index in [-0.39, 0.29) is 27.1 Å². The van der Waals surface area contributed by atoms with Crippen LogP contribution in [-0.2, 0) is 27.1 Å². The molecule has 3 aromatic carbocycles. The smallest absolute Gasteiger partial charge is 0.390 e. The fraction of sp³-hybridized carbons (Fsp3) is 0.526. The van der Waals surface area contributed by atoms with Crippen LogP contribution in [0.4, 0.5) is 0 Å². The maximum Gasteiger partial charge on any atom is 0.453 e. The quantitative estimate of drug-likeness (QED) is 0.234. The molecule has 0 aliphatic heterocycles. The number of benzene rings is 3. The number of para-hydroxylation sites is 1. The standard InChI is InChI=1S/C38H53O3P/c1-34(2,3)24-20-26-27-21-25(35(4,5)6)23-30(38(13,14)15)33(27)41-42(40-32(26)29(22-24)37(10,11)12)39-31-19-17-16-18-28(31)36(7,8)9/h16-23H,1-15H3. The first-order valence-electron chi connectivity index (χ1n) is 15.3. The normalized spacial score (nSPS) is 13.6. The first kappa shape index (κ1) is 32.3. The largest absolute Gasteiger partial charge is 0.453 e. The molecule has 4 rings (SSSR count). The van der Waals surface area contributed by atoms with E-state index < -0.39 is 8.24 Å². The molecule has 0 saturated heterocycles. The third kappa shape index (κ3) is 6.62. The van der Waals surface area contributed by atoms with Crippen molar-refractivity contribution in [3.8, 4) is 5.75 Å². The highest BCUT2D eigenvalue weighted by molar-refractivity contribution is 7.32. The van der Waals surface area contributed by atoms with E-state index in [0.717, 1.165) is 33.3 Å². The minimum Gasteiger partial charge on any atom is -0.390 e. The lowest BCUT2D eigenvalue weighted by Crippen LogP contribution is -2.17. The summed E-state index contributed by atoms with van der Waals surface area (Å²) in [6.07, 6.45) is 0. The van der Waals surface area contributed by atoms with Crippen molar-refractivity contribution in [3.63, 3.8) is 0 Å². The van der Waals surface area contributed by atoms with Crippen molar-refractivity contribution in [2.45, 2.75) is 131 Å². The molecule has 3 nitrogen and oxygen atoms in total. The molecule has 42 heavy (non-hydrogen) atoms. The molecule has 4 heteroatoms. The predicted molar refractivity (Wildman–Crippen MR) is 182 cm³/mol. The van der Waals surface area contributed by atoms with Gasteiger partial charge in [0.05, 0.1) is 0 Å². The van der Waals surface area contributed by atoms with Gasteiger partial charge in [0.15, 0.2) is 0 Å². The van der Waals surface area contributed by atoms with Crippen LogP contribution in [0.2, 0.25) is 0 Å². The molecule has 0 N–H and O–H groups in total. The van der Waals surface area contributed by atoms with Gasteiger partial charge in [0.2, 0.25) is 0 Å². The highest BCUT2D eigenvalue weighted by atomic mass is 31.1. The van der Waals surface area contributed by atoms with Crippen molar-refractivity contribution in [1.29, 1.82) is 0 Å². The summed E-state index contributed by atoms with van der Waals surface area (Å²) in [5.41, 5.74) is 7.26. The third-order valence-electron chi connectivity index (χ3n) is 8.02. The van der Waals surface area contributed by atoms with Crippen LogP contribution in [0.15, 0.2) is 56.9 Å². The number of hydrogen-bond acceptors (Lipinski definition) is 3. The van der Waals surface area contributed by atoms with Crippen molar-refractivity contribution >= 4 is 30.2 Å². The van der Waals surface area contributed by atoms with Crippen LogP contribution in [0, 0.1) is 0 Å². The average molecular weight is 589 g/mol. The Hall–Kier alpha value is -2.64. The number of rotatable bonds is 2. The van der Waals surface area contributed by atoms with E-state index in [0.29, 0.717) is 0 Å². The van der Waals surface area contributed by atoms with Crippen LogP contribution >= 0.6 is 8.24 Å². The Balaban J connectivity index is 2.29. The summed E-state index contributed by atoms with van der Waals surface area (Å²) in [6.45, 7) is 33.9. The van der Waals surface area contributed by atoms with Crippen LogP contribution in [0.1, 0.15) is 132 Å². The van der Waals surface area contributed by atoms with E-state index in [1.165, 1.54) is 22.3 Å². The van der Waals surface area contributed by atoms with Gasteiger partial charge in [0.25, 0.3) is 0 Å². The van der Waals surface area contributed by atoms with Gasteiger partial charge in [-0.25, -0.2) is 0 Å². The summed E-state index contributed by atoms with van der Waals surface area (Å²) in [6, 6.07) is 17.6. The van der Waals surface area contributed by atoms with Gasteiger partial charge in [0, 0.05) is 27.5 Å². The Morgan fingerprint density at radius 1 is 0.476 bits per heavy atom. The second-order valence-corrected chi connectivity index (χ2v) is 18.0. The van der Waals surface area contributed by atoms with E-state index in [1.54, 1.807) is 0 Å². The van der Waals surface area contributed by atoms with Gasteiger partial charge in [0.1, 0.15) is 16.9 Å². The average Bonchev–Trinajstić information content (AvgIpc) is 2.96. The first-order valence-corrected chi connectivity index (χ1v) is 16.4. The summed E-state index contributed by atoms with van der Waals surface area (Å²) in [7, 11) is -1.81. The molecule has 4 aromatic rings. The molecule has 0 unspecified atom stereocenters. The zero-order valence-electron chi connectivity index (χ0n) is 28.8. The molecule has 0 saturated carbocycles. The maximum absolute atomic E-state index is 6.95. The Morgan fingerprint density at radius 2 is 0.857 bits per heavy atom. The lowest BCUT2D eigenvalue weighted by atomic mass is 9.77. The van der Waals surface area contributed by atoms with Gasteiger partial charge < -0.3 is 12.9 Å². The Labute approximate surface area is 255 Å². The van der Waals surface area contributed by atoms with Gasteiger partial charge in [-0.2, -0.15) is 0 Å². The zero-order valence-corrected chi connectivity index (χ0v) is 29.7. The molecule has 0 aliphatic carbocycles. The van der Waals surface area contributed by atoms with Crippen LogP contribution in [0.3, 0.4) is 0 Å². The fourth-order valence-electron chi connectivity index (χ4n) is 5.29. The van der Waals surface area contributed by atoms with E-state index in [4.69, 9.17) is 12.9 Å². The predicted octanol–water partition coefficient (Wildman–Crippen LogP) is 12.6. The Morgan fingerprint density at radius 3 is 1.21 bits per heavy atom. The minimum atomic E-state index is -1.81. The van der Waals surface area contributed by atoms with Gasteiger partial charge in [-0.05, 0) is 56.4 Å². The minimum absolute atomic E-state index is 0.0380. The molecular weight excluding hydrogens is 535 g/mol. The molecule has 0 amide bonds. The molecule has 228 valence electrons. The topological polar surface area (TPSA) is 35.5 Å². The summed E-state index contributed by atoms with van der Waals surface area (Å²) < 4.78 is 20.7. The van der Waals surface area contributed by atoms with Gasteiger partial charge >= 0.3 is 8.24 Å². The molecule has 1 aromatic heterocycles. The van der Waals surface area contributed by atoms with Crippen LogP contribution in [0.5, 0.6) is 5.75 Å². The molecule has 0 bridgehead atoms. The maximum atomic E-state index is 6.95. The SMILES string of the molecule is CC(C)(C)c1cc(C(C)(C)C)c2op(Oc3ccccc3C(C)(C)C)oc3c(C(C)(C)C)cc(C(C)(C)C)cc3c2c1. The van der Waals surface area contributed by atoms with Crippen LogP contribution in [-0.4, -0.2) is 0 Å². The first-order chi connectivity index (χ1) is 19.0. The summed E-state index contributed by atoms with van der Waals surface area (Å²) in [4.78, 5) is 0. The van der Waals surface area contributed by atoms with E-state index in [9.17, 15) is 0 Å². The van der Waals surface area contributed by atoms with Gasteiger partial charge in [-0.3, -0.25) is 0 Å². The second kappa shape index (κ2) is 10.5. The van der Waals surface area contributed by atoms with Crippen molar-refractivity contribution in [3.05, 3.63) is 76.3 Å². The molecule has 0 fully saturated rings. The molecule has 1 heterocycles. The van der Waals surface area contributed by atoms with Crippen molar-refractivity contribution in [2.75, 3.05) is 0 Å². The summed E-state index contributed by atoms with van der Waals surface area (Å²) in [5, 5.41) is 2.16.